The fraction of sp³-hybridized carbons (Fsp3) is 0.0625. The molecule has 0 aliphatic heterocycles. The zero-order valence-electron chi connectivity index (χ0n) is 10.6. The summed E-state index contributed by atoms with van der Waals surface area (Å²) in [5, 5.41) is 11.6. The summed E-state index contributed by atoms with van der Waals surface area (Å²) < 4.78 is 6.58. The van der Waals surface area contributed by atoms with Gasteiger partial charge in [-0.25, -0.2) is 4.98 Å². The van der Waals surface area contributed by atoms with Crippen LogP contribution in [0.15, 0.2) is 59.2 Å². The van der Waals surface area contributed by atoms with Gasteiger partial charge in [-0.15, -0.1) is 0 Å². The third-order valence-corrected chi connectivity index (χ3v) is 3.43. The minimum absolute atomic E-state index is 0.116. The predicted octanol–water partition coefficient (Wildman–Crippen LogP) is 4.28. The summed E-state index contributed by atoms with van der Waals surface area (Å²) in [5.41, 5.74) is 0.646. The van der Waals surface area contributed by atoms with E-state index in [1.807, 2.05) is 36.4 Å². The average molecular weight is 330 g/mol. The Bertz CT molecular complexity index is 758. The average Bonchev–Trinajstić information content (AvgIpc) is 2.49. The number of pyridine rings is 1. The minimum Gasteiger partial charge on any atom is -0.439 e. The van der Waals surface area contributed by atoms with E-state index in [9.17, 15) is 5.11 Å². The maximum atomic E-state index is 9.35. The molecule has 0 amide bonds. The number of nitrogens with zero attached hydrogens (tertiary/aromatic N) is 1. The Balaban J connectivity index is 1.96. The van der Waals surface area contributed by atoms with Gasteiger partial charge in [-0.3, -0.25) is 0 Å². The number of fused-ring (bicyclic) bond motifs is 1. The van der Waals surface area contributed by atoms with Crippen LogP contribution in [0.2, 0.25) is 0 Å². The second-order valence-electron chi connectivity index (χ2n) is 4.39. The zero-order valence-corrected chi connectivity index (χ0v) is 12.2. The molecule has 2 aromatic carbocycles. The second kappa shape index (κ2) is 5.61. The molecule has 1 heterocycles. The van der Waals surface area contributed by atoms with E-state index in [0.29, 0.717) is 17.2 Å². The molecule has 4 heteroatoms. The molecule has 0 saturated heterocycles. The fourth-order valence-electron chi connectivity index (χ4n) is 2.02. The molecule has 0 unspecified atom stereocenters. The standard InChI is InChI=1S/C16H12BrNO2/c17-14-7-13(10-19)16(18-9-14)20-15-6-5-11-3-1-2-4-12(11)8-15/h1-9,19H,10H2. The van der Waals surface area contributed by atoms with E-state index in [4.69, 9.17) is 4.74 Å². The number of hydrogen-bond donors (Lipinski definition) is 1. The molecular formula is C16H12BrNO2. The quantitative estimate of drug-likeness (QED) is 0.779. The van der Waals surface area contributed by atoms with Crippen molar-refractivity contribution in [3.05, 3.63) is 64.8 Å². The number of rotatable bonds is 3. The molecule has 0 aliphatic carbocycles. The second-order valence-corrected chi connectivity index (χ2v) is 5.30. The Labute approximate surface area is 125 Å². The van der Waals surface area contributed by atoms with Crippen LogP contribution in [0, 0.1) is 0 Å². The van der Waals surface area contributed by atoms with Gasteiger partial charge in [-0.1, -0.05) is 30.3 Å². The summed E-state index contributed by atoms with van der Waals surface area (Å²) in [6, 6.07) is 15.7. The van der Waals surface area contributed by atoms with Gasteiger partial charge in [-0.2, -0.15) is 0 Å². The van der Waals surface area contributed by atoms with E-state index in [1.54, 1.807) is 12.3 Å². The SMILES string of the molecule is OCc1cc(Br)cnc1Oc1ccc2ccccc2c1. The molecule has 1 aromatic heterocycles. The first-order chi connectivity index (χ1) is 9.76. The molecule has 0 aliphatic rings. The summed E-state index contributed by atoms with van der Waals surface area (Å²) in [7, 11) is 0. The fourth-order valence-corrected chi connectivity index (χ4v) is 2.40. The Kier molecular flexibility index (Phi) is 3.67. The van der Waals surface area contributed by atoms with Crippen molar-refractivity contribution in [1.29, 1.82) is 0 Å². The van der Waals surface area contributed by atoms with E-state index in [1.165, 1.54) is 0 Å². The van der Waals surface area contributed by atoms with Gasteiger partial charge in [0.25, 0.3) is 0 Å². The molecule has 3 nitrogen and oxygen atoms in total. The first-order valence-corrected chi connectivity index (χ1v) is 6.97. The van der Waals surface area contributed by atoms with Crippen molar-refractivity contribution in [2.75, 3.05) is 0 Å². The normalized spacial score (nSPS) is 10.7. The highest BCUT2D eigenvalue weighted by atomic mass is 79.9. The molecule has 100 valence electrons. The molecule has 0 fully saturated rings. The maximum Gasteiger partial charge on any atom is 0.224 e. The van der Waals surface area contributed by atoms with E-state index in [0.717, 1.165) is 15.2 Å². The molecule has 0 saturated carbocycles. The molecule has 3 rings (SSSR count). The lowest BCUT2D eigenvalue weighted by Crippen LogP contribution is -1.95. The summed E-state index contributed by atoms with van der Waals surface area (Å²) in [4.78, 5) is 4.20. The highest BCUT2D eigenvalue weighted by Crippen LogP contribution is 2.28. The van der Waals surface area contributed by atoms with Crippen LogP contribution < -0.4 is 4.74 Å². The van der Waals surface area contributed by atoms with Crippen LogP contribution in [0.5, 0.6) is 11.6 Å². The van der Waals surface area contributed by atoms with Crippen molar-refractivity contribution >= 4 is 26.7 Å². The largest absolute Gasteiger partial charge is 0.439 e. The summed E-state index contributed by atoms with van der Waals surface area (Å²) in [6.07, 6.45) is 1.65. The lowest BCUT2D eigenvalue weighted by molar-refractivity contribution is 0.275. The Morgan fingerprint density at radius 2 is 1.85 bits per heavy atom. The Hall–Kier alpha value is -1.91. The van der Waals surface area contributed by atoms with E-state index in [2.05, 4.69) is 27.0 Å². The van der Waals surface area contributed by atoms with Crippen LogP contribution in [-0.2, 0) is 6.61 Å². The van der Waals surface area contributed by atoms with E-state index >= 15 is 0 Å². The van der Waals surface area contributed by atoms with Gasteiger partial charge in [-0.05, 0) is 44.9 Å². The molecule has 0 atom stereocenters. The van der Waals surface area contributed by atoms with Gasteiger partial charge < -0.3 is 9.84 Å². The summed E-state index contributed by atoms with van der Waals surface area (Å²) >= 11 is 3.33. The maximum absolute atomic E-state index is 9.35. The highest BCUT2D eigenvalue weighted by molar-refractivity contribution is 9.10. The number of aromatic nitrogens is 1. The van der Waals surface area contributed by atoms with Crippen molar-refractivity contribution in [3.63, 3.8) is 0 Å². The first-order valence-electron chi connectivity index (χ1n) is 6.18. The lowest BCUT2D eigenvalue weighted by Gasteiger charge is -2.09. The van der Waals surface area contributed by atoms with Gasteiger partial charge in [0.2, 0.25) is 5.88 Å². The van der Waals surface area contributed by atoms with Gasteiger partial charge in [0.05, 0.1) is 6.61 Å². The molecule has 1 N–H and O–H groups in total. The smallest absolute Gasteiger partial charge is 0.224 e. The number of aliphatic hydroxyl groups excluding tert-OH is 1. The summed E-state index contributed by atoms with van der Waals surface area (Å²) in [6.45, 7) is -0.116. The molecule has 20 heavy (non-hydrogen) atoms. The van der Waals surface area contributed by atoms with Gasteiger partial charge >= 0.3 is 0 Å². The van der Waals surface area contributed by atoms with Crippen molar-refractivity contribution in [2.24, 2.45) is 0 Å². The number of benzene rings is 2. The Morgan fingerprint density at radius 1 is 1.05 bits per heavy atom. The first kappa shape index (κ1) is 13.1. The number of halogens is 1. The molecule has 3 aromatic rings. The van der Waals surface area contributed by atoms with Crippen molar-refractivity contribution in [1.82, 2.24) is 4.98 Å². The lowest BCUT2D eigenvalue weighted by atomic mass is 10.1. The zero-order chi connectivity index (χ0) is 13.9. The summed E-state index contributed by atoms with van der Waals surface area (Å²) in [5.74, 6) is 1.12. The number of ether oxygens (including phenoxy) is 1. The van der Waals surface area contributed by atoms with Gasteiger partial charge in [0.15, 0.2) is 0 Å². The van der Waals surface area contributed by atoms with Gasteiger partial charge in [0.1, 0.15) is 5.75 Å². The van der Waals surface area contributed by atoms with E-state index in [-0.39, 0.29) is 6.61 Å². The van der Waals surface area contributed by atoms with E-state index < -0.39 is 0 Å². The van der Waals surface area contributed by atoms with Crippen LogP contribution in [0.4, 0.5) is 0 Å². The number of hydrogen-bond acceptors (Lipinski definition) is 3. The van der Waals surface area contributed by atoms with Crippen molar-refractivity contribution in [2.45, 2.75) is 6.61 Å². The van der Waals surface area contributed by atoms with Crippen LogP contribution in [0.1, 0.15) is 5.56 Å². The number of aliphatic hydroxyl groups is 1. The third-order valence-electron chi connectivity index (χ3n) is 3.00. The van der Waals surface area contributed by atoms with Crippen LogP contribution in [0.3, 0.4) is 0 Å². The molecule has 0 spiro atoms. The third kappa shape index (κ3) is 2.66. The van der Waals surface area contributed by atoms with Crippen molar-refractivity contribution < 1.29 is 9.84 Å². The van der Waals surface area contributed by atoms with Crippen LogP contribution in [-0.4, -0.2) is 10.1 Å². The predicted molar refractivity (Wildman–Crippen MR) is 81.9 cm³/mol. The van der Waals surface area contributed by atoms with Crippen molar-refractivity contribution in [3.8, 4) is 11.6 Å². The van der Waals surface area contributed by atoms with Crippen LogP contribution >= 0.6 is 15.9 Å². The molecule has 0 radical (unpaired) electrons. The molecular weight excluding hydrogens is 318 g/mol. The minimum atomic E-state index is -0.116. The monoisotopic (exact) mass is 329 g/mol. The van der Waals surface area contributed by atoms with Gasteiger partial charge in [0, 0.05) is 16.2 Å². The van der Waals surface area contributed by atoms with Crippen LogP contribution in [0.25, 0.3) is 10.8 Å². The Morgan fingerprint density at radius 3 is 2.65 bits per heavy atom. The topological polar surface area (TPSA) is 42.4 Å². The molecule has 0 bridgehead atoms. The highest BCUT2D eigenvalue weighted by Gasteiger charge is 2.07.